The van der Waals surface area contributed by atoms with Crippen molar-refractivity contribution in [3.63, 3.8) is 0 Å². The van der Waals surface area contributed by atoms with Crippen molar-refractivity contribution in [3.05, 3.63) is 24.9 Å². The van der Waals surface area contributed by atoms with Gasteiger partial charge in [0.05, 0.1) is 0 Å². The van der Waals surface area contributed by atoms with Gasteiger partial charge < -0.3 is 0 Å². The molecular weight excluding hydrogens is 112 g/mol. The first-order valence-corrected chi connectivity index (χ1v) is 3.18. The highest BCUT2D eigenvalue weighted by molar-refractivity contribution is 5.03. The molecule has 2 heteroatoms. The highest BCUT2D eigenvalue weighted by Gasteiger charge is 1.91. The van der Waals surface area contributed by atoms with Gasteiger partial charge in [0.25, 0.3) is 0 Å². The summed E-state index contributed by atoms with van der Waals surface area (Å²) in [5.74, 6) is 0. The fourth-order valence-electron chi connectivity index (χ4n) is 0.773. The number of hydrogen-bond acceptors (Lipinski definition) is 1. The first-order chi connectivity index (χ1) is 4.34. The van der Waals surface area contributed by atoms with Crippen LogP contribution >= 0.6 is 0 Å². The van der Waals surface area contributed by atoms with Crippen molar-refractivity contribution in [1.29, 1.82) is 0 Å². The van der Waals surface area contributed by atoms with Gasteiger partial charge in [0.2, 0.25) is 0 Å². The fraction of sp³-hybridized carbons (Fsp3) is 0.429. The average molecular weight is 123 g/mol. The lowest BCUT2D eigenvalue weighted by molar-refractivity contribution is 0.594. The topological polar surface area (TPSA) is 17.8 Å². The van der Waals surface area contributed by atoms with Crippen LogP contribution < -0.4 is 0 Å². The Kier molecular flexibility index (Phi) is 1.88. The highest BCUT2D eigenvalue weighted by atomic mass is 15.3. The predicted molar refractivity (Wildman–Crippen MR) is 37.0 cm³/mol. The Morgan fingerprint density at radius 3 is 3.00 bits per heavy atom. The molecule has 0 atom stereocenters. The largest absolute Gasteiger partial charge is 0.270 e. The molecule has 0 aliphatic heterocycles. The van der Waals surface area contributed by atoms with Crippen molar-refractivity contribution in [2.45, 2.75) is 19.9 Å². The molecule has 0 aromatic carbocycles. The van der Waals surface area contributed by atoms with Crippen LogP contribution in [0, 0.1) is 6.92 Å². The van der Waals surface area contributed by atoms with Gasteiger partial charge in [0.1, 0.15) is 0 Å². The molecule has 1 rings (SSSR count). The monoisotopic (exact) mass is 123 g/mol. The second kappa shape index (κ2) is 2.67. The molecular formula is C7H11N2. The van der Waals surface area contributed by atoms with E-state index in [0.29, 0.717) is 0 Å². The number of nitrogens with zero attached hydrogens (tertiary/aromatic N) is 2. The second-order valence-electron chi connectivity index (χ2n) is 2.05. The number of aryl methyl sites for hydroxylation is 1. The molecule has 2 nitrogen and oxygen atoms in total. The molecule has 0 amide bonds. The Hall–Kier alpha value is -0.790. The van der Waals surface area contributed by atoms with Crippen molar-refractivity contribution in [1.82, 2.24) is 9.78 Å². The quantitative estimate of drug-likeness (QED) is 0.582. The summed E-state index contributed by atoms with van der Waals surface area (Å²) in [5, 5.41) is 4.06. The molecule has 0 aliphatic carbocycles. The van der Waals surface area contributed by atoms with Crippen molar-refractivity contribution in [3.8, 4) is 0 Å². The van der Waals surface area contributed by atoms with E-state index >= 15 is 0 Å². The zero-order valence-electron chi connectivity index (χ0n) is 5.67. The first-order valence-electron chi connectivity index (χ1n) is 3.18. The van der Waals surface area contributed by atoms with Crippen LogP contribution in [0.3, 0.4) is 0 Å². The van der Waals surface area contributed by atoms with Crippen LogP contribution in [0.25, 0.3) is 0 Å². The summed E-state index contributed by atoms with van der Waals surface area (Å²) in [6.07, 6.45) is 2.89. The molecule has 1 aromatic rings. The van der Waals surface area contributed by atoms with Gasteiger partial charge in [-0.05, 0) is 19.4 Å². The van der Waals surface area contributed by atoms with E-state index in [9.17, 15) is 0 Å². The molecule has 1 heterocycles. The maximum atomic E-state index is 4.06. The third-order valence-corrected chi connectivity index (χ3v) is 1.24. The van der Waals surface area contributed by atoms with E-state index in [4.69, 9.17) is 0 Å². The Bertz CT molecular complexity index is 179. The molecule has 0 saturated carbocycles. The van der Waals surface area contributed by atoms with E-state index < -0.39 is 0 Å². The highest BCUT2D eigenvalue weighted by Crippen LogP contribution is 1.95. The molecule has 1 aromatic heterocycles. The van der Waals surface area contributed by atoms with Crippen LogP contribution in [0.1, 0.15) is 19.0 Å². The maximum absolute atomic E-state index is 4.06. The minimum absolute atomic E-state index is 0.978. The zero-order valence-corrected chi connectivity index (χ0v) is 5.67. The molecule has 0 unspecified atom stereocenters. The summed E-state index contributed by atoms with van der Waals surface area (Å²) in [6, 6.07) is 1.91. The number of rotatable bonds is 2. The van der Waals surface area contributed by atoms with Crippen molar-refractivity contribution < 1.29 is 0 Å². The van der Waals surface area contributed by atoms with Gasteiger partial charge >= 0.3 is 0 Å². The van der Waals surface area contributed by atoms with Crippen LogP contribution in [0.2, 0.25) is 0 Å². The summed E-state index contributed by atoms with van der Waals surface area (Å²) in [6.45, 7) is 6.90. The smallest absolute Gasteiger partial charge is 0.0492 e. The Labute approximate surface area is 55.5 Å². The SMILES string of the molecule is [CH2]c1ccnn1CCC. The van der Waals surface area contributed by atoms with Crippen LogP contribution in [0.5, 0.6) is 0 Å². The summed E-state index contributed by atoms with van der Waals surface area (Å²) < 4.78 is 1.90. The normalized spacial score (nSPS) is 10.0. The van der Waals surface area contributed by atoms with Gasteiger partial charge in [0.15, 0.2) is 0 Å². The van der Waals surface area contributed by atoms with Crippen LogP contribution in [0.15, 0.2) is 12.3 Å². The van der Waals surface area contributed by atoms with E-state index in [1.807, 2.05) is 10.7 Å². The molecule has 0 saturated heterocycles. The number of aromatic nitrogens is 2. The summed E-state index contributed by atoms with van der Waals surface area (Å²) in [7, 11) is 0. The van der Waals surface area contributed by atoms with Crippen LogP contribution in [-0.4, -0.2) is 9.78 Å². The molecule has 0 fully saturated rings. The summed E-state index contributed by atoms with van der Waals surface area (Å²) >= 11 is 0. The molecule has 0 aliphatic rings. The van der Waals surface area contributed by atoms with Crippen molar-refractivity contribution in [2.24, 2.45) is 0 Å². The van der Waals surface area contributed by atoms with E-state index in [1.165, 1.54) is 0 Å². The lowest BCUT2D eigenvalue weighted by atomic mass is 10.4. The van der Waals surface area contributed by atoms with Gasteiger partial charge in [0, 0.05) is 18.4 Å². The number of hydrogen-bond donors (Lipinski definition) is 0. The first kappa shape index (κ1) is 6.33. The molecule has 9 heavy (non-hydrogen) atoms. The molecule has 0 spiro atoms. The Morgan fingerprint density at radius 1 is 1.78 bits per heavy atom. The standard InChI is InChI=1S/C7H11N2/c1-3-6-9-7(2)4-5-8-9/h4-5H,2-3,6H2,1H3. The minimum atomic E-state index is 0.978. The fourth-order valence-corrected chi connectivity index (χ4v) is 0.773. The van der Waals surface area contributed by atoms with Crippen molar-refractivity contribution in [2.75, 3.05) is 0 Å². The van der Waals surface area contributed by atoms with E-state index in [1.54, 1.807) is 6.20 Å². The van der Waals surface area contributed by atoms with E-state index in [2.05, 4.69) is 18.9 Å². The van der Waals surface area contributed by atoms with Crippen molar-refractivity contribution >= 4 is 0 Å². The second-order valence-corrected chi connectivity index (χ2v) is 2.05. The van der Waals surface area contributed by atoms with Gasteiger partial charge in [-0.15, -0.1) is 0 Å². The lowest BCUT2D eigenvalue weighted by Gasteiger charge is -1.98. The Morgan fingerprint density at radius 2 is 2.56 bits per heavy atom. The van der Waals surface area contributed by atoms with Gasteiger partial charge in [-0.2, -0.15) is 5.10 Å². The van der Waals surface area contributed by atoms with Gasteiger partial charge in [-0.3, -0.25) is 4.68 Å². The maximum Gasteiger partial charge on any atom is 0.0492 e. The third-order valence-electron chi connectivity index (χ3n) is 1.24. The predicted octanol–water partition coefficient (Wildman–Crippen LogP) is 1.48. The van der Waals surface area contributed by atoms with Crippen LogP contribution in [0.4, 0.5) is 0 Å². The van der Waals surface area contributed by atoms with E-state index in [0.717, 1.165) is 18.7 Å². The lowest BCUT2D eigenvalue weighted by Crippen LogP contribution is -1.99. The zero-order chi connectivity index (χ0) is 6.69. The summed E-state index contributed by atoms with van der Waals surface area (Å²) in [5.41, 5.74) is 0.997. The molecule has 0 N–H and O–H groups in total. The van der Waals surface area contributed by atoms with E-state index in [-0.39, 0.29) is 0 Å². The minimum Gasteiger partial charge on any atom is -0.270 e. The third kappa shape index (κ3) is 1.31. The molecule has 0 bridgehead atoms. The average Bonchev–Trinajstić information content (AvgIpc) is 2.18. The molecule has 49 valence electrons. The molecule has 1 radical (unpaired) electrons. The van der Waals surface area contributed by atoms with Crippen LogP contribution in [-0.2, 0) is 6.54 Å². The van der Waals surface area contributed by atoms with Gasteiger partial charge in [-0.25, -0.2) is 0 Å². The Balaban J connectivity index is 2.69. The summed E-state index contributed by atoms with van der Waals surface area (Å²) in [4.78, 5) is 0. The van der Waals surface area contributed by atoms with Gasteiger partial charge in [-0.1, -0.05) is 6.92 Å².